The van der Waals surface area contributed by atoms with Gasteiger partial charge in [-0.15, -0.1) is 0 Å². The van der Waals surface area contributed by atoms with Gasteiger partial charge in [-0.05, 0) is 94.5 Å². The lowest BCUT2D eigenvalue weighted by Gasteiger charge is -2.25. The summed E-state index contributed by atoms with van der Waals surface area (Å²) >= 11 is 0. The van der Waals surface area contributed by atoms with Crippen LogP contribution in [0.25, 0.3) is 66.8 Å². The number of benzene rings is 7. The fraction of sp³-hybridized carbons (Fsp3) is 0.233. The third-order valence-electron chi connectivity index (χ3n) is 12.1. The molecular formula is C60H58O6. The van der Waals surface area contributed by atoms with Crippen molar-refractivity contribution in [3.63, 3.8) is 0 Å². The Hall–Kier alpha value is -7.18. The predicted octanol–water partition coefficient (Wildman–Crippen LogP) is 15.5. The molecule has 0 fully saturated rings. The second kappa shape index (κ2) is 22.6. The average molecular weight is 875 g/mol. The second-order valence-electron chi connectivity index (χ2n) is 17.1. The highest BCUT2D eigenvalue weighted by molar-refractivity contribution is 6.02. The Morgan fingerprint density at radius 2 is 0.621 bits per heavy atom. The van der Waals surface area contributed by atoms with Crippen LogP contribution in [-0.2, 0) is 0 Å². The molecule has 6 heteroatoms. The van der Waals surface area contributed by atoms with Gasteiger partial charge in [-0.25, -0.2) is 0 Å². The molecule has 0 radical (unpaired) electrons. The first-order valence-electron chi connectivity index (χ1n) is 23.2. The van der Waals surface area contributed by atoms with E-state index in [1.807, 2.05) is 97.1 Å². The summed E-state index contributed by atoms with van der Waals surface area (Å²) in [6.45, 7) is 9.56. The standard InChI is InChI=1S/C60H58O6/c1-5-7-9-11-29-65-57-35-56(60-53(49-25-17-45(39-63)18-26-49)33-42(4)34-54(60)50-27-19-46(40-64)20-28-50)58(66-30-12-10-8-6-2)36-55(57)59-51(47-21-13-43(37-61)14-22-47)31-41(3)32-52(59)48-23-15-44(38-62)16-24-48/h13-28,31-40H,5-12,29-30H2,1-4H3. The van der Waals surface area contributed by atoms with Crippen molar-refractivity contribution in [2.45, 2.75) is 79.1 Å². The monoisotopic (exact) mass is 874 g/mol. The molecule has 7 aromatic rings. The highest BCUT2D eigenvalue weighted by atomic mass is 16.5. The summed E-state index contributed by atoms with van der Waals surface area (Å²) in [5.74, 6) is 1.37. The average Bonchev–Trinajstić information content (AvgIpc) is 3.36. The van der Waals surface area contributed by atoms with Gasteiger partial charge in [0.05, 0.1) is 13.2 Å². The molecule has 7 rings (SSSR count). The lowest BCUT2D eigenvalue weighted by Crippen LogP contribution is -2.05. The Kier molecular flexibility index (Phi) is 16.0. The highest BCUT2D eigenvalue weighted by Gasteiger charge is 2.26. The van der Waals surface area contributed by atoms with Gasteiger partial charge in [0.15, 0.2) is 0 Å². The summed E-state index contributed by atoms with van der Waals surface area (Å²) in [4.78, 5) is 47.4. The smallest absolute Gasteiger partial charge is 0.150 e. The SMILES string of the molecule is CCCCCCOc1cc(-c2c(-c3ccc(C=O)cc3)cc(C)cc2-c2ccc(C=O)cc2)c(OCCCCCC)cc1-c1c(-c2ccc(C=O)cc2)cc(C)cc1-c1ccc(C=O)cc1. The van der Waals surface area contributed by atoms with Crippen molar-refractivity contribution >= 4 is 25.1 Å². The zero-order valence-corrected chi connectivity index (χ0v) is 38.5. The van der Waals surface area contributed by atoms with Gasteiger partial charge in [-0.1, -0.05) is 174 Å². The Labute approximate surface area is 389 Å². The number of hydrogen-bond donors (Lipinski definition) is 0. The largest absolute Gasteiger partial charge is 0.493 e. The van der Waals surface area contributed by atoms with Gasteiger partial charge >= 0.3 is 0 Å². The lowest BCUT2D eigenvalue weighted by atomic mass is 9.82. The maximum atomic E-state index is 11.9. The minimum atomic E-state index is 0.496. The Morgan fingerprint density at radius 1 is 0.348 bits per heavy atom. The minimum Gasteiger partial charge on any atom is -0.493 e. The van der Waals surface area contributed by atoms with Gasteiger partial charge in [-0.3, -0.25) is 19.2 Å². The summed E-state index contributed by atoms with van der Waals surface area (Å²) in [5, 5.41) is 0. The molecule has 0 aromatic heterocycles. The number of aryl methyl sites for hydroxylation is 2. The molecule has 0 spiro atoms. The van der Waals surface area contributed by atoms with E-state index in [0.717, 1.165) is 154 Å². The summed E-state index contributed by atoms with van der Waals surface area (Å²) in [7, 11) is 0. The highest BCUT2D eigenvalue weighted by Crippen LogP contribution is 2.51. The van der Waals surface area contributed by atoms with E-state index in [1.54, 1.807) is 0 Å². The number of carbonyl (C=O) groups excluding carboxylic acids is 4. The molecule has 334 valence electrons. The fourth-order valence-electron chi connectivity index (χ4n) is 8.64. The number of carbonyl (C=O) groups is 4. The number of rotatable bonds is 22. The van der Waals surface area contributed by atoms with Crippen LogP contribution in [0.3, 0.4) is 0 Å². The molecule has 66 heavy (non-hydrogen) atoms. The molecule has 0 aliphatic heterocycles. The third kappa shape index (κ3) is 11.0. The molecule has 0 heterocycles. The number of hydrogen-bond acceptors (Lipinski definition) is 6. The van der Waals surface area contributed by atoms with Gasteiger partial charge in [0, 0.05) is 44.5 Å². The first-order valence-corrected chi connectivity index (χ1v) is 23.2. The van der Waals surface area contributed by atoms with Crippen molar-refractivity contribution in [3.05, 3.63) is 167 Å². The van der Waals surface area contributed by atoms with Crippen LogP contribution in [0.15, 0.2) is 133 Å². The molecule has 0 unspecified atom stereocenters. The zero-order chi connectivity index (χ0) is 46.4. The molecule has 0 saturated heterocycles. The molecule has 7 aromatic carbocycles. The van der Waals surface area contributed by atoms with E-state index in [-0.39, 0.29) is 0 Å². The van der Waals surface area contributed by atoms with E-state index in [2.05, 4.69) is 64.1 Å². The molecule has 0 aliphatic rings. The second-order valence-corrected chi connectivity index (χ2v) is 17.1. The van der Waals surface area contributed by atoms with Crippen molar-refractivity contribution < 1.29 is 28.7 Å². The predicted molar refractivity (Wildman–Crippen MR) is 269 cm³/mol. The van der Waals surface area contributed by atoms with Crippen molar-refractivity contribution in [1.82, 2.24) is 0 Å². The zero-order valence-electron chi connectivity index (χ0n) is 38.5. The quantitative estimate of drug-likeness (QED) is 0.0498. The minimum absolute atomic E-state index is 0.496. The van der Waals surface area contributed by atoms with E-state index >= 15 is 0 Å². The van der Waals surface area contributed by atoms with Crippen LogP contribution in [0.5, 0.6) is 11.5 Å². The van der Waals surface area contributed by atoms with Gasteiger partial charge in [-0.2, -0.15) is 0 Å². The molecule has 0 aliphatic carbocycles. The molecule has 0 saturated carbocycles. The van der Waals surface area contributed by atoms with Crippen molar-refractivity contribution in [2.24, 2.45) is 0 Å². The molecule has 0 atom stereocenters. The summed E-state index contributed by atoms with van der Waals surface area (Å²) in [6, 6.07) is 43.7. The van der Waals surface area contributed by atoms with E-state index < -0.39 is 0 Å². The van der Waals surface area contributed by atoms with Gasteiger partial charge < -0.3 is 9.47 Å². The van der Waals surface area contributed by atoms with Gasteiger partial charge in [0.25, 0.3) is 0 Å². The van der Waals surface area contributed by atoms with Crippen LogP contribution < -0.4 is 9.47 Å². The van der Waals surface area contributed by atoms with E-state index in [0.29, 0.717) is 47.0 Å². The van der Waals surface area contributed by atoms with Crippen LogP contribution in [0.1, 0.15) is 118 Å². The Balaban J connectivity index is 1.59. The van der Waals surface area contributed by atoms with Crippen molar-refractivity contribution in [3.8, 4) is 78.3 Å². The Morgan fingerprint density at radius 3 is 0.864 bits per heavy atom. The van der Waals surface area contributed by atoms with Crippen molar-refractivity contribution in [1.29, 1.82) is 0 Å². The van der Waals surface area contributed by atoms with Gasteiger partial charge in [0.1, 0.15) is 36.6 Å². The summed E-state index contributed by atoms with van der Waals surface area (Å²) in [6.07, 6.45) is 11.6. The summed E-state index contributed by atoms with van der Waals surface area (Å²) in [5.41, 5.74) is 15.6. The molecular weight excluding hydrogens is 817 g/mol. The lowest BCUT2D eigenvalue weighted by molar-refractivity contribution is 0.111. The van der Waals surface area contributed by atoms with Crippen LogP contribution in [0.4, 0.5) is 0 Å². The fourth-order valence-corrected chi connectivity index (χ4v) is 8.64. The molecule has 6 nitrogen and oxygen atoms in total. The van der Waals surface area contributed by atoms with Crippen LogP contribution in [-0.4, -0.2) is 38.4 Å². The third-order valence-corrected chi connectivity index (χ3v) is 12.1. The number of ether oxygens (including phenoxy) is 2. The van der Waals surface area contributed by atoms with Crippen LogP contribution in [0.2, 0.25) is 0 Å². The summed E-state index contributed by atoms with van der Waals surface area (Å²) < 4.78 is 14.1. The maximum Gasteiger partial charge on any atom is 0.150 e. The molecule has 0 bridgehead atoms. The first-order chi connectivity index (χ1) is 32.3. The molecule has 0 amide bonds. The van der Waals surface area contributed by atoms with Crippen molar-refractivity contribution in [2.75, 3.05) is 13.2 Å². The van der Waals surface area contributed by atoms with Gasteiger partial charge in [0.2, 0.25) is 0 Å². The maximum absolute atomic E-state index is 11.9. The number of aldehydes is 4. The van der Waals surface area contributed by atoms with Crippen LogP contribution in [0, 0.1) is 13.8 Å². The Bertz CT molecular complexity index is 2440. The first kappa shape index (κ1) is 46.8. The van der Waals surface area contributed by atoms with Crippen LogP contribution >= 0.6 is 0 Å². The topological polar surface area (TPSA) is 86.7 Å². The molecule has 0 N–H and O–H groups in total. The van der Waals surface area contributed by atoms with E-state index in [9.17, 15) is 19.2 Å². The normalized spacial score (nSPS) is 11.0. The van der Waals surface area contributed by atoms with E-state index in [4.69, 9.17) is 9.47 Å². The van der Waals surface area contributed by atoms with E-state index in [1.165, 1.54) is 0 Å². The number of unbranched alkanes of at least 4 members (excludes halogenated alkanes) is 6.